The summed E-state index contributed by atoms with van der Waals surface area (Å²) in [6, 6.07) is 9.85. The van der Waals surface area contributed by atoms with Crippen LogP contribution in [0.2, 0.25) is 0 Å². The number of hydrogen-bond acceptors (Lipinski definition) is 4. The molecule has 1 amide bonds. The van der Waals surface area contributed by atoms with Crippen molar-refractivity contribution in [3.8, 4) is 10.6 Å². The Hall–Kier alpha value is -1.72. The van der Waals surface area contributed by atoms with E-state index in [2.05, 4.69) is 10.3 Å². The second-order valence-corrected chi connectivity index (χ2v) is 5.50. The van der Waals surface area contributed by atoms with Crippen molar-refractivity contribution in [2.24, 2.45) is 0 Å². The SMILES string of the molecule is CC(CCCO)NC(=O)c1csc(-c2ccccc2)n1. The molecule has 0 fully saturated rings. The number of carbonyl (C=O) groups is 1. The summed E-state index contributed by atoms with van der Waals surface area (Å²) in [4.78, 5) is 16.4. The minimum absolute atomic E-state index is 0.0384. The van der Waals surface area contributed by atoms with Crippen LogP contribution >= 0.6 is 11.3 Å². The number of thiazole rings is 1. The van der Waals surface area contributed by atoms with Crippen LogP contribution in [0.1, 0.15) is 30.3 Å². The van der Waals surface area contributed by atoms with Crippen LogP contribution in [-0.4, -0.2) is 28.6 Å². The number of benzene rings is 1. The Labute approximate surface area is 122 Å². The van der Waals surface area contributed by atoms with Crippen molar-refractivity contribution in [2.45, 2.75) is 25.8 Å². The molecule has 1 aromatic carbocycles. The van der Waals surface area contributed by atoms with E-state index in [1.807, 2.05) is 37.3 Å². The Morgan fingerprint density at radius 3 is 2.85 bits per heavy atom. The van der Waals surface area contributed by atoms with Crippen LogP contribution in [0.15, 0.2) is 35.7 Å². The maximum absolute atomic E-state index is 12.0. The second kappa shape index (κ2) is 7.17. The molecule has 0 spiro atoms. The summed E-state index contributed by atoms with van der Waals surface area (Å²) in [6.07, 6.45) is 1.45. The number of aromatic nitrogens is 1. The summed E-state index contributed by atoms with van der Waals surface area (Å²) >= 11 is 1.46. The topological polar surface area (TPSA) is 62.2 Å². The van der Waals surface area contributed by atoms with Gasteiger partial charge in [-0.3, -0.25) is 4.79 Å². The Balaban J connectivity index is 2.00. The lowest BCUT2D eigenvalue weighted by Crippen LogP contribution is -2.32. The summed E-state index contributed by atoms with van der Waals surface area (Å²) in [6.45, 7) is 2.08. The lowest BCUT2D eigenvalue weighted by Gasteiger charge is -2.11. The monoisotopic (exact) mass is 290 g/mol. The van der Waals surface area contributed by atoms with E-state index < -0.39 is 0 Å². The highest BCUT2D eigenvalue weighted by atomic mass is 32.1. The molecular formula is C15H18N2O2S. The van der Waals surface area contributed by atoms with E-state index in [9.17, 15) is 4.79 Å². The average molecular weight is 290 g/mol. The summed E-state index contributed by atoms with van der Waals surface area (Å²) < 4.78 is 0. The third kappa shape index (κ3) is 3.88. The number of aliphatic hydroxyl groups excluding tert-OH is 1. The van der Waals surface area contributed by atoms with Gasteiger partial charge in [0.1, 0.15) is 10.7 Å². The van der Waals surface area contributed by atoms with E-state index in [1.54, 1.807) is 5.38 Å². The van der Waals surface area contributed by atoms with Gasteiger partial charge in [-0.25, -0.2) is 4.98 Å². The van der Waals surface area contributed by atoms with E-state index >= 15 is 0 Å². The number of hydrogen-bond donors (Lipinski definition) is 2. The Kier molecular flexibility index (Phi) is 5.26. The Morgan fingerprint density at radius 1 is 1.40 bits per heavy atom. The van der Waals surface area contributed by atoms with Crippen molar-refractivity contribution >= 4 is 17.2 Å². The van der Waals surface area contributed by atoms with Crippen LogP contribution in [0.5, 0.6) is 0 Å². The van der Waals surface area contributed by atoms with Crippen molar-refractivity contribution < 1.29 is 9.90 Å². The van der Waals surface area contributed by atoms with Crippen molar-refractivity contribution in [1.82, 2.24) is 10.3 Å². The maximum Gasteiger partial charge on any atom is 0.270 e. The van der Waals surface area contributed by atoms with Crippen LogP contribution in [0.25, 0.3) is 10.6 Å². The first kappa shape index (κ1) is 14.7. The summed E-state index contributed by atoms with van der Waals surface area (Å²) in [5.74, 6) is -0.158. The molecule has 0 aliphatic rings. The first-order valence-corrected chi connectivity index (χ1v) is 7.51. The molecule has 2 aromatic rings. The minimum Gasteiger partial charge on any atom is -0.396 e. The molecule has 0 saturated heterocycles. The van der Waals surface area contributed by atoms with Gasteiger partial charge in [-0.2, -0.15) is 0 Å². The van der Waals surface area contributed by atoms with E-state index in [0.29, 0.717) is 12.1 Å². The summed E-state index contributed by atoms with van der Waals surface area (Å²) in [5, 5.41) is 14.3. The van der Waals surface area contributed by atoms with Gasteiger partial charge < -0.3 is 10.4 Å². The Morgan fingerprint density at radius 2 is 2.15 bits per heavy atom. The lowest BCUT2D eigenvalue weighted by molar-refractivity contribution is 0.0932. The zero-order valence-corrected chi connectivity index (χ0v) is 12.2. The van der Waals surface area contributed by atoms with Crippen LogP contribution in [-0.2, 0) is 0 Å². The van der Waals surface area contributed by atoms with Gasteiger partial charge >= 0.3 is 0 Å². The highest BCUT2D eigenvalue weighted by molar-refractivity contribution is 7.13. The highest BCUT2D eigenvalue weighted by Crippen LogP contribution is 2.23. The van der Waals surface area contributed by atoms with Crippen molar-refractivity contribution in [3.05, 3.63) is 41.4 Å². The molecule has 2 N–H and O–H groups in total. The summed E-state index contributed by atoms with van der Waals surface area (Å²) in [7, 11) is 0. The molecule has 0 bridgehead atoms. The van der Waals surface area contributed by atoms with E-state index in [0.717, 1.165) is 17.0 Å². The number of aliphatic hydroxyl groups is 1. The molecule has 2 rings (SSSR count). The van der Waals surface area contributed by atoms with Crippen LogP contribution in [0, 0.1) is 0 Å². The second-order valence-electron chi connectivity index (χ2n) is 4.64. The number of rotatable bonds is 6. The Bertz CT molecular complexity index is 554. The zero-order chi connectivity index (χ0) is 14.4. The smallest absolute Gasteiger partial charge is 0.270 e. The van der Waals surface area contributed by atoms with Gasteiger partial charge in [-0.05, 0) is 19.8 Å². The van der Waals surface area contributed by atoms with Crippen molar-refractivity contribution in [3.63, 3.8) is 0 Å². The van der Waals surface area contributed by atoms with Crippen molar-refractivity contribution in [2.75, 3.05) is 6.61 Å². The van der Waals surface area contributed by atoms with Gasteiger partial charge in [0.25, 0.3) is 5.91 Å². The molecule has 1 unspecified atom stereocenters. The molecule has 106 valence electrons. The molecule has 20 heavy (non-hydrogen) atoms. The average Bonchev–Trinajstić information content (AvgIpc) is 2.96. The normalized spacial score (nSPS) is 12.1. The lowest BCUT2D eigenvalue weighted by atomic mass is 10.2. The minimum atomic E-state index is -0.158. The molecule has 5 heteroatoms. The fourth-order valence-electron chi connectivity index (χ4n) is 1.86. The highest BCUT2D eigenvalue weighted by Gasteiger charge is 2.13. The van der Waals surface area contributed by atoms with Crippen molar-refractivity contribution in [1.29, 1.82) is 0 Å². The molecule has 4 nitrogen and oxygen atoms in total. The zero-order valence-electron chi connectivity index (χ0n) is 11.4. The van der Waals surface area contributed by atoms with Crippen LogP contribution in [0.3, 0.4) is 0 Å². The third-order valence-electron chi connectivity index (χ3n) is 2.93. The molecule has 0 aliphatic heterocycles. The van der Waals surface area contributed by atoms with E-state index in [1.165, 1.54) is 11.3 Å². The quantitative estimate of drug-likeness (QED) is 0.860. The molecule has 1 aromatic heterocycles. The molecule has 1 heterocycles. The van der Waals surface area contributed by atoms with Gasteiger partial charge in [0.05, 0.1) is 0 Å². The van der Waals surface area contributed by atoms with E-state index in [4.69, 9.17) is 5.11 Å². The molecule has 0 radical (unpaired) electrons. The fraction of sp³-hybridized carbons (Fsp3) is 0.333. The number of carbonyl (C=O) groups excluding carboxylic acids is 1. The first-order chi connectivity index (χ1) is 9.70. The fourth-order valence-corrected chi connectivity index (χ4v) is 2.66. The largest absolute Gasteiger partial charge is 0.396 e. The summed E-state index contributed by atoms with van der Waals surface area (Å²) in [5.41, 5.74) is 1.47. The predicted octanol–water partition coefficient (Wildman–Crippen LogP) is 2.70. The predicted molar refractivity (Wildman–Crippen MR) is 80.8 cm³/mol. The van der Waals surface area contributed by atoms with Gasteiger partial charge in [0, 0.05) is 23.6 Å². The van der Waals surface area contributed by atoms with Gasteiger partial charge in [-0.15, -0.1) is 11.3 Å². The van der Waals surface area contributed by atoms with Gasteiger partial charge in [0.15, 0.2) is 0 Å². The molecule has 0 aliphatic carbocycles. The van der Waals surface area contributed by atoms with Crippen LogP contribution in [0.4, 0.5) is 0 Å². The number of nitrogens with one attached hydrogen (secondary N) is 1. The third-order valence-corrected chi connectivity index (χ3v) is 3.82. The standard InChI is InChI=1S/C15H18N2O2S/c1-11(6-5-9-18)16-14(19)13-10-20-15(17-13)12-7-3-2-4-8-12/h2-4,7-8,10-11,18H,5-6,9H2,1H3,(H,16,19). The van der Waals surface area contributed by atoms with Gasteiger partial charge in [0.2, 0.25) is 0 Å². The molecule has 1 atom stereocenters. The first-order valence-electron chi connectivity index (χ1n) is 6.63. The van der Waals surface area contributed by atoms with Crippen LogP contribution < -0.4 is 5.32 Å². The molecular weight excluding hydrogens is 272 g/mol. The van der Waals surface area contributed by atoms with Gasteiger partial charge in [-0.1, -0.05) is 30.3 Å². The molecule has 0 saturated carbocycles. The van der Waals surface area contributed by atoms with E-state index in [-0.39, 0.29) is 18.6 Å². The maximum atomic E-state index is 12.0. The number of nitrogens with zero attached hydrogens (tertiary/aromatic N) is 1. The number of amides is 1.